The SMILES string of the molecule is CCc1c(F)ccc2cc(O)cc(-c3nc4c5c(nc(OCC67CCCN6C(CO)CC7)nc5c3F)N3CC(CC)NC[C@H]3CO4)c12. The van der Waals surface area contributed by atoms with Crippen LogP contribution in [0.2, 0.25) is 0 Å². The van der Waals surface area contributed by atoms with Gasteiger partial charge in [0.25, 0.3) is 0 Å². The van der Waals surface area contributed by atoms with Crippen molar-refractivity contribution in [3.63, 3.8) is 0 Å². The van der Waals surface area contributed by atoms with Gasteiger partial charge in [0.1, 0.15) is 47.2 Å². The van der Waals surface area contributed by atoms with E-state index in [1.807, 2.05) is 6.92 Å². The van der Waals surface area contributed by atoms with E-state index in [0.717, 1.165) is 38.6 Å². The van der Waals surface area contributed by atoms with Crippen LogP contribution in [-0.2, 0) is 6.42 Å². The number of nitrogens with one attached hydrogen (secondary N) is 1. The summed E-state index contributed by atoms with van der Waals surface area (Å²) in [5, 5.41) is 25.7. The number of halogens is 2. The maximum Gasteiger partial charge on any atom is 0.319 e. The summed E-state index contributed by atoms with van der Waals surface area (Å²) in [5.41, 5.74) is 0.362. The standard InChI is InChI=1S/C35H40F2N6O4/c1-3-20-15-42-22(14-38-20)17-46-33-28-31(40-34(41-32(28)42)47-18-35-9-5-11-43(35)21(16-44)8-10-35)29(37)30(39-33)25-13-23(45)12-19-6-7-26(36)24(4-2)27(19)25/h6-7,12-13,20-22,38,44-45H,3-5,8-11,14-18H2,1-2H3/t20?,21?,22-,35?/m0/s1. The van der Waals surface area contributed by atoms with Crippen molar-refractivity contribution in [3.8, 4) is 28.9 Å². The number of phenolic OH excluding ortho intramolecular Hbond substituents is 1. The van der Waals surface area contributed by atoms with Crippen molar-refractivity contribution in [2.45, 2.75) is 76.0 Å². The van der Waals surface area contributed by atoms with E-state index in [9.17, 15) is 10.2 Å². The first-order chi connectivity index (χ1) is 22.8. The molecule has 0 radical (unpaired) electrons. The molecule has 6 heterocycles. The number of pyridine rings is 1. The van der Waals surface area contributed by atoms with E-state index < -0.39 is 11.6 Å². The molecule has 8 rings (SSSR count). The molecule has 47 heavy (non-hydrogen) atoms. The molecule has 0 bridgehead atoms. The van der Waals surface area contributed by atoms with Crippen LogP contribution in [0.3, 0.4) is 0 Å². The largest absolute Gasteiger partial charge is 0.508 e. The molecule has 3 saturated heterocycles. The third-order valence-electron chi connectivity index (χ3n) is 10.9. The van der Waals surface area contributed by atoms with Crippen molar-refractivity contribution in [2.75, 3.05) is 44.4 Å². The highest BCUT2D eigenvalue weighted by Gasteiger charge is 2.49. The van der Waals surface area contributed by atoms with Crippen molar-refractivity contribution < 1.29 is 28.5 Å². The number of aromatic hydroxyl groups is 1. The lowest BCUT2D eigenvalue weighted by Gasteiger charge is -2.39. The van der Waals surface area contributed by atoms with E-state index in [1.165, 1.54) is 12.1 Å². The Hall–Kier alpha value is -3.87. The Morgan fingerprint density at radius 1 is 1.13 bits per heavy atom. The normalized spacial score (nSPS) is 25.6. The van der Waals surface area contributed by atoms with Crippen LogP contribution in [0.4, 0.5) is 14.6 Å². The molecule has 0 saturated carbocycles. The Morgan fingerprint density at radius 3 is 2.81 bits per heavy atom. The number of aryl methyl sites for hydroxylation is 1. The Labute approximate surface area is 271 Å². The molecule has 0 aliphatic carbocycles. The summed E-state index contributed by atoms with van der Waals surface area (Å²) in [6.45, 7) is 6.89. The molecular weight excluding hydrogens is 606 g/mol. The highest BCUT2D eigenvalue weighted by atomic mass is 19.1. The lowest BCUT2D eigenvalue weighted by Crippen LogP contribution is -2.58. The molecule has 3 N–H and O–H groups in total. The maximum atomic E-state index is 17.1. The van der Waals surface area contributed by atoms with Gasteiger partial charge >= 0.3 is 6.01 Å². The molecule has 0 amide bonds. The molecule has 2 aromatic heterocycles. The van der Waals surface area contributed by atoms with Gasteiger partial charge in [0.2, 0.25) is 5.88 Å². The topological polar surface area (TPSA) is 116 Å². The fourth-order valence-electron chi connectivity index (χ4n) is 8.42. The van der Waals surface area contributed by atoms with Crippen LogP contribution in [-0.4, -0.2) is 93.2 Å². The molecule has 4 aromatic rings. The molecule has 12 heteroatoms. The van der Waals surface area contributed by atoms with E-state index in [4.69, 9.17) is 19.4 Å². The highest BCUT2D eigenvalue weighted by Crippen LogP contribution is 2.45. The minimum Gasteiger partial charge on any atom is -0.508 e. The number of fused-ring (bicyclic) bond motifs is 4. The van der Waals surface area contributed by atoms with Crippen molar-refractivity contribution in [3.05, 3.63) is 41.5 Å². The number of nitrogens with zero attached hydrogens (tertiary/aromatic N) is 5. The van der Waals surface area contributed by atoms with Gasteiger partial charge in [-0.2, -0.15) is 9.97 Å². The summed E-state index contributed by atoms with van der Waals surface area (Å²) in [5.74, 6) is -0.515. The van der Waals surface area contributed by atoms with Crippen LogP contribution >= 0.6 is 0 Å². The third-order valence-corrected chi connectivity index (χ3v) is 10.9. The van der Waals surface area contributed by atoms with Gasteiger partial charge in [-0.1, -0.05) is 19.9 Å². The second-order valence-corrected chi connectivity index (χ2v) is 13.4. The van der Waals surface area contributed by atoms with Gasteiger partial charge in [0.05, 0.1) is 18.2 Å². The number of benzene rings is 2. The number of hydrogen-bond acceptors (Lipinski definition) is 10. The van der Waals surface area contributed by atoms with Crippen LogP contribution in [0.15, 0.2) is 24.3 Å². The van der Waals surface area contributed by atoms with Gasteiger partial charge in [0, 0.05) is 30.7 Å². The van der Waals surface area contributed by atoms with Crippen molar-refractivity contribution >= 4 is 27.5 Å². The number of phenols is 1. The van der Waals surface area contributed by atoms with Crippen LogP contribution < -0.4 is 19.7 Å². The smallest absolute Gasteiger partial charge is 0.319 e. The number of ether oxygens (including phenoxy) is 2. The summed E-state index contributed by atoms with van der Waals surface area (Å²) in [6, 6.07) is 6.20. The molecule has 4 aliphatic heterocycles. The van der Waals surface area contributed by atoms with Crippen LogP contribution in [0, 0.1) is 11.6 Å². The number of aromatic nitrogens is 3. The van der Waals surface area contributed by atoms with E-state index in [2.05, 4.69) is 27.0 Å². The minimum absolute atomic E-state index is 0.00334. The Balaban J connectivity index is 1.31. The Morgan fingerprint density at radius 2 is 2.00 bits per heavy atom. The summed E-state index contributed by atoms with van der Waals surface area (Å²) >= 11 is 0. The number of hydrogen-bond donors (Lipinski definition) is 3. The summed E-state index contributed by atoms with van der Waals surface area (Å²) in [4.78, 5) is 18.8. The van der Waals surface area contributed by atoms with Crippen molar-refractivity contribution in [2.24, 2.45) is 0 Å². The lowest BCUT2D eigenvalue weighted by molar-refractivity contribution is 0.0644. The monoisotopic (exact) mass is 646 g/mol. The van der Waals surface area contributed by atoms with Gasteiger partial charge < -0.3 is 29.9 Å². The molecule has 10 nitrogen and oxygen atoms in total. The Kier molecular flexibility index (Phi) is 7.57. The maximum absolute atomic E-state index is 17.1. The average Bonchev–Trinajstić information content (AvgIpc) is 3.61. The third kappa shape index (κ3) is 4.86. The summed E-state index contributed by atoms with van der Waals surface area (Å²) in [6.07, 6.45) is 5.04. The number of aliphatic hydroxyl groups is 1. The van der Waals surface area contributed by atoms with Crippen molar-refractivity contribution in [1.82, 2.24) is 25.2 Å². The number of anilines is 1. The van der Waals surface area contributed by atoms with E-state index in [0.29, 0.717) is 60.3 Å². The number of rotatable bonds is 7. The van der Waals surface area contributed by atoms with Crippen LogP contribution in [0.5, 0.6) is 17.6 Å². The van der Waals surface area contributed by atoms with Crippen molar-refractivity contribution in [1.29, 1.82) is 0 Å². The first-order valence-corrected chi connectivity index (χ1v) is 16.8. The van der Waals surface area contributed by atoms with Gasteiger partial charge in [-0.15, -0.1) is 0 Å². The molecular formula is C35H40F2N6O4. The van der Waals surface area contributed by atoms with E-state index >= 15 is 8.78 Å². The van der Waals surface area contributed by atoms with Crippen LogP contribution in [0.1, 0.15) is 51.5 Å². The van der Waals surface area contributed by atoms with Gasteiger partial charge in [-0.3, -0.25) is 4.90 Å². The highest BCUT2D eigenvalue weighted by molar-refractivity contribution is 6.03. The van der Waals surface area contributed by atoms with E-state index in [-0.39, 0.29) is 64.7 Å². The molecule has 4 atom stereocenters. The predicted octanol–water partition coefficient (Wildman–Crippen LogP) is 4.71. The molecule has 248 valence electrons. The Bertz CT molecular complexity index is 1880. The van der Waals surface area contributed by atoms with Crippen LogP contribution in [0.25, 0.3) is 32.9 Å². The fourth-order valence-corrected chi connectivity index (χ4v) is 8.42. The average molecular weight is 647 g/mol. The first-order valence-electron chi connectivity index (χ1n) is 16.8. The fraction of sp³-hybridized carbons (Fsp3) is 0.514. The number of aliphatic hydroxyl groups excluding tert-OH is 1. The zero-order valence-corrected chi connectivity index (χ0v) is 26.7. The molecule has 2 aromatic carbocycles. The quantitative estimate of drug-likeness (QED) is 0.261. The molecule has 3 unspecified atom stereocenters. The molecule has 3 fully saturated rings. The van der Waals surface area contributed by atoms with Gasteiger partial charge in [-0.05, 0) is 79.6 Å². The second-order valence-electron chi connectivity index (χ2n) is 13.4. The lowest BCUT2D eigenvalue weighted by atomic mass is 9.94. The zero-order chi connectivity index (χ0) is 32.4. The summed E-state index contributed by atoms with van der Waals surface area (Å²) in [7, 11) is 0. The van der Waals surface area contributed by atoms with E-state index in [1.54, 1.807) is 12.1 Å². The number of piperazine rings is 1. The van der Waals surface area contributed by atoms with Gasteiger partial charge in [-0.25, -0.2) is 13.8 Å². The molecule has 0 spiro atoms. The first kappa shape index (κ1) is 30.5. The predicted molar refractivity (Wildman–Crippen MR) is 174 cm³/mol. The zero-order valence-electron chi connectivity index (χ0n) is 26.7. The van der Waals surface area contributed by atoms with Gasteiger partial charge in [0.15, 0.2) is 5.82 Å². The molecule has 4 aliphatic rings. The minimum atomic E-state index is -0.721. The second kappa shape index (κ2) is 11.7. The summed E-state index contributed by atoms with van der Waals surface area (Å²) < 4.78 is 44.9.